The molecule has 38 heavy (non-hydrogen) atoms. The normalized spacial score (nSPS) is 34.9. The molecule has 216 valence electrons. The second-order valence-electron chi connectivity index (χ2n) is 12.9. The molecule has 2 saturated carbocycles. The fourth-order valence-corrected chi connectivity index (χ4v) is 6.48. The van der Waals surface area contributed by atoms with Gasteiger partial charge in [0.2, 0.25) is 0 Å². The molecule has 0 N–H and O–H groups in total. The molecular formula is C32H52O6. The summed E-state index contributed by atoms with van der Waals surface area (Å²) in [7, 11) is 0. The Bertz CT molecular complexity index is 788. The standard InChI is InChI=1S/C32H52O6/c1-6-7-8-13-23(36-28-14-9-11-18-34-28)16-17-24-25-20-22(2)30(38-31(33)32(3,4)5)26(25)21-27(24)37-29-15-10-12-19-35-29/h16-17,23-30H,2,6-15,18-21H2,1,3-5H3/t23-,24-,25+,26-,27+,28?,29?,30?/m0/s1. The van der Waals surface area contributed by atoms with Crippen LogP contribution in [0.15, 0.2) is 24.3 Å². The molecule has 0 aromatic heterocycles. The highest BCUT2D eigenvalue weighted by atomic mass is 16.7. The van der Waals surface area contributed by atoms with Gasteiger partial charge < -0.3 is 23.7 Å². The SMILES string of the molecule is C=C1C[C@@H]2[C@H](C=C[C@H](CCCCC)OC3CCCCO3)[C@H](OC3CCCCO3)C[C@@H]2C1OC(=O)C(C)(C)C. The van der Waals surface area contributed by atoms with E-state index >= 15 is 0 Å². The second kappa shape index (κ2) is 13.9. The number of esters is 1. The lowest BCUT2D eigenvalue weighted by molar-refractivity contribution is -0.193. The fourth-order valence-electron chi connectivity index (χ4n) is 6.48. The lowest BCUT2D eigenvalue weighted by Crippen LogP contribution is -2.32. The Morgan fingerprint density at radius 2 is 1.76 bits per heavy atom. The predicted octanol–water partition coefficient (Wildman–Crippen LogP) is 7.12. The second-order valence-corrected chi connectivity index (χ2v) is 12.9. The van der Waals surface area contributed by atoms with Gasteiger partial charge >= 0.3 is 5.97 Å². The summed E-state index contributed by atoms with van der Waals surface area (Å²) >= 11 is 0. The van der Waals surface area contributed by atoms with Crippen molar-refractivity contribution in [2.75, 3.05) is 13.2 Å². The predicted molar refractivity (Wildman–Crippen MR) is 148 cm³/mol. The van der Waals surface area contributed by atoms with Crippen LogP contribution in [-0.4, -0.2) is 50.1 Å². The molecule has 0 aromatic carbocycles. The molecule has 0 amide bonds. The Morgan fingerprint density at radius 1 is 1.05 bits per heavy atom. The van der Waals surface area contributed by atoms with Crippen molar-refractivity contribution in [2.45, 2.75) is 136 Å². The van der Waals surface area contributed by atoms with Crippen LogP contribution < -0.4 is 0 Å². The molecule has 2 heterocycles. The maximum atomic E-state index is 12.8. The quantitative estimate of drug-likeness (QED) is 0.160. The molecule has 8 atom stereocenters. The Morgan fingerprint density at radius 3 is 2.39 bits per heavy atom. The zero-order chi connectivity index (χ0) is 27.1. The van der Waals surface area contributed by atoms with Crippen LogP contribution in [0.2, 0.25) is 0 Å². The van der Waals surface area contributed by atoms with E-state index in [2.05, 4.69) is 25.7 Å². The van der Waals surface area contributed by atoms with Crippen molar-refractivity contribution in [1.29, 1.82) is 0 Å². The first-order chi connectivity index (χ1) is 18.3. The number of rotatable bonds is 11. The fraction of sp³-hybridized carbons (Fsp3) is 0.844. The number of unbranched alkanes of at least 4 members (excludes halogenated alkanes) is 2. The van der Waals surface area contributed by atoms with Gasteiger partial charge in [0, 0.05) is 25.0 Å². The largest absolute Gasteiger partial charge is 0.457 e. The first kappa shape index (κ1) is 29.8. The average molecular weight is 533 g/mol. The topological polar surface area (TPSA) is 63.2 Å². The van der Waals surface area contributed by atoms with Gasteiger partial charge in [-0.15, -0.1) is 0 Å². The summed E-state index contributed by atoms with van der Waals surface area (Å²) in [6.45, 7) is 13.9. The van der Waals surface area contributed by atoms with Gasteiger partial charge in [0.1, 0.15) is 6.10 Å². The number of carbonyl (C=O) groups excluding carboxylic acids is 1. The highest BCUT2D eigenvalue weighted by molar-refractivity contribution is 5.75. The Kier molecular flexibility index (Phi) is 10.9. The lowest BCUT2D eigenvalue weighted by atomic mass is 9.90. The Labute approximate surface area is 230 Å². The monoisotopic (exact) mass is 532 g/mol. The smallest absolute Gasteiger partial charge is 0.311 e. The van der Waals surface area contributed by atoms with E-state index < -0.39 is 5.41 Å². The summed E-state index contributed by atoms with van der Waals surface area (Å²) in [4.78, 5) is 12.8. The van der Waals surface area contributed by atoms with Gasteiger partial charge in [0.05, 0.1) is 17.6 Å². The van der Waals surface area contributed by atoms with Crippen molar-refractivity contribution in [3.05, 3.63) is 24.3 Å². The van der Waals surface area contributed by atoms with E-state index in [0.29, 0.717) is 5.92 Å². The number of carbonyl (C=O) groups is 1. The molecule has 2 saturated heterocycles. The molecule has 0 bridgehead atoms. The molecule has 0 spiro atoms. The molecule has 4 aliphatic rings. The van der Waals surface area contributed by atoms with Gasteiger partial charge in [-0.3, -0.25) is 4.79 Å². The van der Waals surface area contributed by atoms with Crippen molar-refractivity contribution < 1.29 is 28.5 Å². The van der Waals surface area contributed by atoms with Crippen molar-refractivity contribution >= 4 is 5.97 Å². The molecule has 4 fully saturated rings. The molecule has 2 aliphatic heterocycles. The minimum atomic E-state index is -0.535. The van der Waals surface area contributed by atoms with Gasteiger partial charge in [0.25, 0.3) is 0 Å². The third kappa shape index (κ3) is 7.93. The van der Waals surface area contributed by atoms with Crippen LogP contribution in [0.25, 0.3) is 0 Å². The average Bonchev–Trinajstić information content (AvgIpc) is 3.37. The van der Waals surface area contributed by atoms with Crippen molar-refractivity contribution in [3.63, 3.8) is 0 Å². The molecule has 2 aliphatic carbocycles. The van der Waals surface area contributed by atoms with Gasteiger partial charge in [-0.05, 0) is 90.0 Å². The van der Waals surface area contributed by atoms with E-state index in [-0.39, 0.29) is 48.7 Å². The van der Waals surface area contributed by atoms with Gasteiger partial charge in [-0.1, -0.05) is 44.9 Å². The summed E-state index contributed by atoms with van der Waals surface area (Å²) in [6, 6.07) is 0. The maximum Gasteiger partial charge on any atom is 0.311 e. The third-order valence-corrected chi connectivity index (χ3v) is 8.68. The third-order valence-electron chi connectivity index (χ3n) is 8.68. The van der Waals surface area contributed by atoms with Crippen LogP contribution in [0, 0.1) is 23.2 Å². The highest BCUT2D eigenvalue weighted by Crippen LogP contribution is 2.53. The van der Waals surface area contributed by atoms with Crippen LogP contribution in [0.5, 0.6) is 0 Å². The molecule has 6 nitrogen and oxygen atoms in total. The Hall–Kier alpha value is -1.21. The summed E-state index contributed by atoms with van der Waals surface area (Å²) in [6.07, 6.45) is 16.9. The molecular weight excluding hydrogens is 480 g/mol. The lowest BCUT2D eigenvalue weighted by Gasteiger charge is -2.30. The van der Waals surface area contributed by atoms with Gasteiger partial charge in [-0.2, -0.15) is 0 Å². The number of fused-ring (bicyclic) bond motifs is 1. The van der Waals surface area contributed by atoms with Crippen LogP contribution in [0.3, 0.4) is 0 Å². The van der Waals surface area contributed by atoms with Crippen LogP contribution >= 0.6 is 0 Å². The van der Waals surface area contributed by atoms with Gasteiger partial charge in [-0.25, -0.2) is 0 Å². The van der Waals surface area contributed by atoms with E-state index in [1.807, 2.05) is 20.8 Å². The number of hydrogen-bond acceptors (Lipinski definition) is 6. The van der Waals surface area contributed by atoms with Gasteiger partial charge in [0.15, 0.2) is 12.6 Å². The van der Waals surface area contributed by atoms with Crippen LogP contribution in [0.4, 0.5) is 0 Å². The van der Waals surface area contributed by atoms with E-state index in [1.165, 1.54) is 12.8 Å². The zero-order valence-corrected chi connectivity index (χ0v) is 24.3. The minimum Gasteiger partial charge on any atom is -0.457 e. The summed E-state index contributed by atoms with van der Waals surface area (Å²) in [5.74, 6) is 0.615. The minimum absolute atomic E-state index is 0.0365. The van der Waals surface area contributed by atoms with Crippen molar-refractivity contribution in [2.24, 2.45) is 23.2 Å². The zero-order valence-electron chi connectivity index (χ0n) is 24.3. The van der Waals surface area contributed by atoms with E-state index in [9.17, 15) is 4.79 Å². The number of hydrogen-bond donors (Lipinski definition) is 0. The molecule has 4 rings (SSSR count). The first-order valence-corrected chi connectivity index (χ1v) is 15.4. The first-order valence-electron chi connectivity index (χ1n) is 15.4. The van der Waals surface area contributed by atoms with Crippen molar-refractivity contribution in [1.82, 2.24) is 0 Å². The summed E-state index contributed by atoms with van der Waals surface area (Å²) < 4.78 is 31.1. The van der Waals surface area contributed by atoms with E-state index in [0.717, 1.165) is 83.0 Å². The highest BCUT2D eigenvalue weighted by Gasteiger charge is 2.53. The summed E-state index contributed by atoms with van der Waals surface area (Å²) in [5.41, 5.74) is 0.501. The maximum absolute atomic E-state index is 12.8. The van der Waals surface area contributed by atoms with Crippen LogP contribution in [0.1, 0.15) is 105 Å². The van der Waals surface area contributed by atoms with E-state index in [1.54, 1.807) is 0 Å². The summed E-state index contributed by atoms with van der Waals surface area (Å²) in [5, 5.41) is 0. The Balaban J connectivity index is 1.50. The molecule has 0 aromatic rings. The van der Waals surface area contributed by atoms with Crippen molar-refractivity contribution in [3.8, 4) is 0 Å². The molecule has 6 heteroatoms. The number of ether oxygens (including phenoxy) is 5. The molecule has 3 unspecified atom stereocenters. The van der Waals surface area contributed by atoms with Crippen LogP contribution in [-0.2, 0) is 28.5 Å². The van der Waals surface area contributed by atoms with E-state index in [4.69, 9.17) is 23.7 Å². The molecule has 0 radical (unpaired) electrons.